The Balaban J connectivity index is 1.32. The van der Waals surface area contributed by atoms with Crippen LogP contribution in [0.4, 0.5) is 0 Å². The quantitative estimate of drug-likeness (QED) is 0.148. The maximum atomic E-state index is 7.07. The van der Waals surface area contributed by atoms with Crippen LogP contribution in [0.15, 0.2) is 77.9 Å². The fourth-order valence-electron chi connectivity index (χ4n) is 9.75. The molecule has 0 fully saturated rings. The predicted octanol–water partition coefficient (Wildman–Crippen LogP) is 13.6. The minimum atomic E-state index is -0.251. The highest BCUT2D eigenvalue weighted by molar-refractivity contribution is 6.12. The molecule has 8 rings (SSSR count). The zero-order chi connectivity index (χ0) is 39.9. The molecule has 0 amide bonds. The van der Waals surface area contributed by atoms with E-state index in [0.29, 0.717) is 18.4 Å². The van der Waals surface area contributed by atoms with Crippen LogP contribution in [0.1, 0.15) is 126 Å². The summed E-state index contributed by atoms with van der Waals surface area (Å²) in [5.74, 6) is 3.77. The van der Waals surface area contributed by atoms with Gasteiger partial charge < -0.3 is 9.47 Å². The topological polar surface area (TPSA) is 48.6 Å². The van der Waals surface area contributed by atoms with Crippen molar-refractivity contribution in [2.75, 3.05) is 6.61 Å². The fraction of sp³-hybridized carbons (Fsp3) is 0.412. The maximum absolute atomic E-state index is 7.07. The number of benzene rings is 4. The first kappa shape index (κ1) is 38.0. The van der Waals surface area contributed by atoms with Crippen LogP contribution in [0.25, 0.3) is 38.8 Å². The van der Waals surface area contributed by atoms with Crippen LogP contribution in [0.5, 0.6) is 11.5 Å². The van der Waals surface area contributed by atoms with Gasteiger partial charge in [-0.1, -0.05) is 91.1 Å². The van der Waals surface area contributed by atoms with Crippen LogP contribution in [0.2, 0.25) is 0 Å². The summed E-state index contributed by atoms with van der Waals surface area (Å²) < 4.78 is 16.0. The molecule has 290 valence electrons. The highest BCUT2D eigenvalue weighted by atomic mass is 16.5. The van der Waals surface area contributed by atoms with E-state index in [1.54, 1.807) is 0 Å². The van der Waals surface area contributed by atoms with Crippen LogP contribution in [-0.2, 0) is 15.6 Å². The summed E-state index contributed by atoms with van der Waals surface area (Å²) in [6.07, 6.45) is 6.50. The SMILES string of the molecule is CCCC(CCC)[C@]1(C)COC(c2cc(Oc3cc4c(cc3C)c3cc(C(C)(C)C)cc5c3n4-c3ncccc3C5(C)C)cc(-c3c(C)cc(C)cc3C)c2)=N1. The molecule has 4 aromatic carbocycles. The molecule has 0 unspecified atom stereocenters. The Labute approximate surface area is 334 Å². The minimum absolute atomic E-state index is 0.00291. The van der Waals surface area contributed by atoms with Gasteiger partial charge in [-0.05, 0) is 134 Å². The van der Waals surface area contributed by atoms with E-state index in [4.69, 9.17) is 19.5 Å². The van der Waals surface area contributed by atoms with Gasteiger partial charge in [0.05, 0.1) is 16.6 Å². The second-order valence-electron chi connectivity index (χ2n) is 18.6. The highest BCUT2D eigenvalue weighted by Gasteiger charge is 2.40. The van der Waals surface area contributed by atoms with Gasteiger partial charge in [-0.3, -0.25) is 4.57 Å². The largest absolute Gasteiger partial charge is 0.475 e. The van der Waals surface area contributed by atoms with Crippen LogP contribution >= 0.6 is 0 Å². The number of hydrogen-bond acceptors (Lipinski definition) is 4. The van der Waals surface area contributed by atoms with Gasteiger partial charge in [0.15, 0.2) is 0 Å². The lowest BCUT2D eigenvalue weighted by Crippen LogP contribution is -2.34. The van der Waals surface area contributed by atoms with Gasteiger partial charge in [0.1, 0.15) is 23.9 Å². The number of aryl methyl sites for hydroxylation is 4. The van der Waals surface area contributed by atoms with Crippen molar-refractivity contribution in [1.82, 2.24) is 9.55 Å². The van der Waals surface area contributed by atoms with Gasteiger partial charge in [-0.15, -0.1) is 0 Å². The van der Waals surface area contributed by atoms with Crippen molar-refractivity contribution in [3.05, 3.63) is 117 Å². The van der Waals surface area contributed by atoms with Crippen molar-refractivity contribution in [2.45, 2.75) is 125 Å². The number of rotatable bonds is 9. The molecule has 0 spiro atoms. The molecule has 56 heavy (non-hydrogen) atoms. The fourth-order valence-corrected chi connectivity index (χ4v) is 9.75. The molecule has 5 heteroatoms. The van der Waals surface area contributed by atoms with E-state index in [-0.39, 0.29) is 16.4 Å². The monoisotopic (exact) mass is 745 g/mol. The first-order valence-corrected chi connectivity index (χ1v) is 20.8. The van der Waals surface area contributed by atoms with Crippen molar-refractivity contribution in [2.24, 2.45) is 10.9 Å². The van der Waals surface area contributed by atoms with E-state index >= 15 is 0 Å². The van der Waals surface area contributed by atoms with E-state index in [9.17, 15) is 0 Å². The molecule has 2 aliphatic rings. The number of ether oxygens (including phenoxy) is 2. The average molecular weight is 746 g/mol. The Hall–Kier alpha value is -4.90. The molecular weight excluding hydrogens is 687 g/mol. The van der Waals surface area contributed by atoms with Crippen molar-refractivity contribution in [1.29, 1.82) is 0 Å². The Bertz CT molecular complexity index is 2530. The molecule has 1 atom stereocenters. The smallest absolute Gasteiger partial charge is 0.216 e. The van der Waals surface area contributed by atoms with Gasteiger partial charge in [0.2, 0.25) is 5.90 Å². The summed E-state index contributed by atoms with van der Waals surface area (Å²) in [6, 6.07) is 24.8. The lowest BCUT2D eigenvalue weighted by atomic mass is 9.73. The summed E-state index contributed by atoms with van der Waals surface area (Å²) in [7, 11) is 0. The molecule has 2 aliphatic heterocycles. The average Bonchev–Trinajstić information content (AvgIpc) is 3.68. The van der Waals surface area contributed by atoms with E-state index in [2.05, 4.69) is 154 Å². The number of hydrogen-bond donors (Lipinski definition) is 0. The Morgan fingerprint density at radius 1 is 0.804 bits per heavy atom. The molecule has 4 heterocycles. The van der Waals surface area contributed by atoms with E-state index in [1.807, 2.05) is 6.20 Å². The molecule has 0 bridgehead atoms. The standard InChI is InChI=1S/C51H59N3O2/c1-13-16-36(17-14-2)51(12)29-55-48(53-51)35-23-34(45-32(5)20-30(3)21-33(45)6)24-38(25-35)56-44-28-43-39(22-31(44)4)40-26-37(49(7,8)9)27-42-46(40)54(43)47-41(50(42,10)11)18-15-19-52-47/h15,18-28,36H,13-14,16-17,29H2,1-12H3/t51-/m0/s1. The third-order valence-corrected chi connectivity index (χ3v) is 12.7. The Morgan fingerprint density at radius 2 is 1.50 bits per heavy atom. The number of nitrogens with zero attached hydrogens (tertiary/aromatic N) is 3. The number of aromatic nitrogens is 2. The molecule has 5 nitrogen and oxygen atoms in total. The van der Waals surface area contributed by atoms with Gasteiger partial charge in [0, 0.05) is 39.6 Å². The molecule has 0 saturated heterocycles. The second kappa shape index (κ2) is 13.6. The van der Waals surface area contributed by atoms with Crippen LogP contribution < -0.4 is 4.74 Å². The first-order valence-electron chi connectivity index (χ1n) is 20.8. The molecule has 6 aromatic rings. The first-order chi connectivity index (χ1) is 26.5. The van der Waals surface area contributed by atoms with Crippen LogP contribution in [0, 0.1) is 33.6 Å². The van der Waals surface area contributed by atoms with Crippen molar-refractivity contribution < 1.29 is 9.47 Å². The molecular formula is C51H59N3O2. The summed E-state index contributed by atoms with van der Waals surface area (Å²) in [6.45, 7) is 27.8. The Kier molecular flexibility index (Phi) is 9.26. The van der Waals surface area contributed by atoms with Crippen molar-refractivity contribution in [3.63, 3.8) is 0 Å². The van der Waals surface area contributed by atoms with Crippen LogP contribution in [-0.4, -0.2) is 27.6 Å². The second-order valence-corrected chi connectivity index (χ2v) is 18.6. The number of pyridine rings is 1. The number of aliphatic imine (C=N–C) groups is 1. The van der Waals surface area contributed by atoms with Crippen LogP contribution in [0.3, 0.4) is 0 Å². The summed E-state index contributed by atoms with van der Waals surface area (Å²) >= 11 is 0. The van der Waals surface area contributed by atoms with E-state index < -0.39 is 0 Å². The van der Waals surface area contributed by atoms with Crippen molar-refractivity contribution >= 4 is 27.7 Å². The highest BCUT2D eigenvalue weighted by Crippen LogP contribution is 2.49. The van der Waals surface area contributed by atoms with Gasteiger partial charge >= 0.3 is 0 Å². The van der Waals surface area contributed by atoms with Gasteiger partial charge in [-0.25, -0.2) is 9.98 Å². The van der Waals surface area contributed by atoms with E-state index in [0.717, 1.165) is 65.2 Å². The van der Waals surface area contributed by atoms with Gasteiger partial charge in [0.25, 0.3) is 0 Å². The van der Waals surface area contributed by atoms with Gasteiger partial charge in [-0.2, -0.15) is 0 Å². The molecule has 0 saturated carbocycles. The molecule has 0 N–H and O–H groups in total. The molecule has 0 aliphatic carbocycles. The zero-order valence-electron chi connectivity index (χ0n) is 35.7. The third-order valence-electron chi connectivity index (χ3n) is 12.7. The third kappa shape index (κ3) is 6.22. The zero-order valence-corrected chi connectivity index (χ0v) is 35.7. The lowest BCUT2D eigenvalue weighted by molar-refractivity contribution is 0.188. The lowest BCUT2D eigenvalue weighted by Gasteiger charge is -2.35. The normalized spacial score (nSPS) is 17.4. The summed E-state index contributed by atoms with van der Waals surface area (Å²) in [5.41, 5.74) is 13.9. The van der Waals surface area contributed by atoms with E-state index in [1.165, 1.54) is 55.2 Å². The minimum Gasteiger partial charge on any atom is -0.475 e. The summed E-state index contributed by atoms with van der Waals surface area (Å²) in [4.78, 5) is 10.4. The predicted molar refractivity (Wildman–Crippen MR) is 235 cm³/mol. The maximum Gasteiger partial charge on any atom is 0.216 e. The summed E-state index contributed by atoms with van der Waals surface area (Å²) in [5, 5.41) is 2.48. The molecule has 0 radical (unpaired) electrons. The Morgan fingerprint density at radius 3 is 2.18 bits per heavy atom. The molecule has 2 aromatic heterocycles. The van der Waals surface area contributed by atoms with Crippen molar-refractivity contribution in [3.8, 4) is 28.4 Å². The number of fused-ring (bicyclic) bond motifs is 5.